The zero-order valence-electron chi connectivity index (χ0n) is 18.5. The minimum atomic E-state index is -0.498. The average Bonchev–Trinajstić information content (AvgIpc) is 3.19. The summed E-state index contributed by atoms with van der Waals surface area (Å²) in [5, 5.41) is 4.54. The molecule has 1 aliphatic rings. The number of morpholine rings is 1. The van der Waals surface area contributed by atoms with Gasteiger partial charge >= 0.3 is 0 Å². The molecule has 0 spiro atoms. The van der Waals surface area contributed by atoms with E-state index in [0.29, 0.717) is 5.57 Å². The first-order valence-electron chi connectivity index (χ1n) is 10.5. The number of quaternary nitrogens is 1. The Bertz CT molecular complexity index is 821. The van der Waals surface area contributed by atoms with Crippen molar-refractivity contribution in [3.8, 4) is 5.69 Å². The van der Waals surface area contributed by atoms with Crippen LogP contribution in [0.1, 0.15) is 39.0 Å². The van der Waals surface area contributed by atoms with Gasteiger partial charge in [0, 0.05) is 10.0 Å². The van der Waals surface area contributed by atoms with Crippen molar-refractivity contribution in [2.75, 3.05) is 26.3 Å². The highest BCUT2D eigenvalue weighted by atomic mass is 79.9. The largest absolute Gasteiger partial charge is 0.370 e. The van der Waals surface area contributed by atoms with Crippen LogP contribution in [0.4, 0.5) is 4.39 Å². The van der Waals surface area contributed by atoms with E-state index in [1.807, 2.05) is 58.2 Å². The zero-order chi connectivity index (χ0) is 22.5. The van der Waals surface area contributed by atoms with E-state index in [2.05, 4.69) is 34.2 Å². The summed E-state index contributed by atoms with van der Waals surface area (Å²) in [5.74, 6) is -0.498. The lowest BCUT2D eigenvalue weighted by molar-refractivity contribution is -0.921. The highest BCUT2D eigenvalue weighted by Gasteiger charge is 2.23. The van der Waals surface area contributed by atoms with E-state index in [0.717, 1.165) is 54.3 Å². The molecule has 0 amide bonds. The van der Waals surface area contributed by atoms with Crippen molar-refractivity contribution in [1.82, 2.24) is 9.78 Å². The third-order valence-corrected chi connectivity index (χ3v) is 4.92. The molecule has 2 heterocycles. The van der Waals surface area contributed by atoms with E-state index in [1.54, 1.807) is 16.8 Å². The van der Waals surface area contributed by atoms with E-state index in [9.17, 15) is 4.39 Å². The quantitative estimate of drug-likeness (QED) is 0.581. The molecule has 164 valence electrons. The number of allylic oxidation sites excluding steroid dienone is 4. The minimum Gasteiger partial charge on any atom is -0.370 e. The number of nitrogens with one attached hydrogen (secondary N) is 1. The van der Waals surface area contributed by atoms with Gasteiger partial charge in [0.1, 0.15) is 25.5 Å². The first kappa shape index (κ1) is 26.0. The second-order valence-electron chi connectivity index (χ2n) is 6.17. The van der Waals surface area contributed by atoms with Crippen molar-refractivity contribution in [3.05, 3.63) is 77.3 Å². The lowest BCUT2D eigenvalue weighted by Crippen LogP contribution is -3.12. The van der Waals surface area contributed by atoms with Gasteiger partial charge in [0.2, 0.25) is 0 Å². The first-order chi connectivity index (χ1) is 14.6. The summed E-state index contributed by atoms with van der Waals surface area (Å²) >= 11 is 3.44. The Morgan fingerprint density at radius 3 is 2.33 bits per heavy atom. The number of benzene rings is 1. The van der Waals surface area contributed by atoms with Gasteiger partial charge in [0.05, 0.1) is 36.4 Å². The topological polar surface area (TPSA) is 31.5 Å². The molecule has 1 aromatic heterocycles. The molecule has 6 heteroatoms. The van der Waals surface area contributed by atoms with Gasteiger partial charge in [-0.25, -0.2) is 9.07 Å². The van der Waals surface area contributed by atoms with E-state index < -0.39 is 5.83 Å². The van der Waals surface area contributed by atoms with Crippen LogP contribution in [0.3, 0.4) is 0 Å². The molecule has 1 saturated heterocycles. The number of hydrogen-bond acceptors (Lipinski definition) is 2. The summed E-state index contributed by atoms with van der Waals surface area (Å²) in [6.45, 7) is 19.3. The molecule has 0 saturated carbocycles. The van der Waals surface area contributed by atoms with Gasteiger partial charge in [0.25, 0.3) is 0 Å². The fourth-order valence-corrected chi connectivity index (χ4v) is 3.36. The van der Waals surface area contributed by atoms with Crippen molar-refractivity contribution >= 4 is 21.5 Å². The predicted octanol–water partition coefficient (Wildman–Crippen LogP) is 5.15. The minimum absolute atomic E-state index is 0.406. The molecule has 3 rings (SSSR count). The van der Waals surface area contributed by atoms with E-state index in [1.165, 1.54) is 4.90 Å². The summed E-state index contributed by atoms with van der Waals surface area (Å²) in [7, 11) is 0. The van der Waals surface area contributed by atoms with Crippen LogP contribution in [0, 0.1) is 0 Å². The van der Waals surface area contributed by atoms with E-state index >= 15 is 0 Å². The van der Waals surface area contributed by atoms with E-state index in [-0.39, 0.29) is 0 Å². The van der Waals surface area contributed by atoms with Crippen LogP contribution in [-0.4, -0.2) is 36.1 Å². The monoisotopic (exact) mass is 478 g/mol. The zero-order valence-corrected chi connectivity index (χ0v) is 20.1. The maximum absolute atomic E-state index is 14.2. The maximum Gasteiger partial charge on any atom is 0.125 e. The van der Waals surface area contributed by atoms with Crippen LogP contribution in [0.2, 0.25) is 0 Å². The molecule has 0 bridgehead atoms. The van der Waals surface area contributed by atoms with Crippen molar-refractivity contribution in [2.45, 2.75) is 34.2 Å². The van der Waals surface area contributed by atoms with Gasteiger partial charge in [-0.05, 0) is 24.3 Å². The predicted molar refractivity (Wildman–Crippen MR) is 128 cm³/mol. The van der Waals surface area contributed by atoms with Crippen molar-refractivity contribution in [3.63, 3.8) is 0 Å². The number of ether oxygens (including phenoxy) is 1. The number of aromatic nitrogens is 2. The summed E-state index contributed by atoms with van der Waals surface area (Å²) in [5.41, 5.74) is 2.97. The fourth-order valence-electron chi connectivity index (χ4n) is 3.10. The first-order valence-corrected chi connectivity index (χ1v) is 11.3. The Labute approximate surface area is 188 Å². The van der Waals surface area contributed by atoms with Gasteiger partial charge in [-0.1, -0.05) is 68.9 Å². The van der Waals surface area contributed by atoms with Crippen LogP contribution < -0.4 is 4.90 Å². The molecule has 1 aromatic carbocycles. The van der Waals surface area contributed by atoms with Crippen LogP contribution in [-0.2, 0) is 11.3 Å². The summed E-state index contributed by atoms with van der Waals surface area (Å²) in [6.07, 6.45) is 5.04. The second-order valence-corrected chi connectivity index (χ2v) is 7.08. The van der Waals surface area contributed by atoms with Crippen LogP contribution in [0.15, 0.2) is 66.1 Å². The molecule has 1 N–H and O–H groups in total. The second kappa shape index (κ2) is 14.1. The van der Waals surface area contributed by atoms with Gasteiger partial charge < -0.3 is 9.64 Å². The third-order valence-electron chi connectivity index (χ3n) is 4.39. The smallest absolute Gasteiger partial charge is 0.125 e. The highest BCUT2D eigenvalue weighted by molar-refractivity contribution is 9.10. The summed E-state index contributed by atoms with van der Waals surface area (Å²) in [6, 6.07) is 7.76. The molecule has 1 fully saturated rings. The van der Waals surface area contributed by atoms with Gasteiger partial charge in [-0.15, -0.1) is 0 Å². The Balaban J connectivity index is 0.00000106. The lowest BCUT2D eigenvalue weighted by atomic mass is 10.1. The van der Waals surface area contributed by atoms with Gasteiger partial charge in [-0.3, -0.25) is 0 Å². The third kappa shape index (κ3) is 7.04. The SMILES string of the molecule is C=C/C=C(\C(=C)F)c1c(C[NH+]2CCOCC2)cnn1-c1ccc(Br)cc1.CC.CC. The lowest BCUT2D eigenvalue weighted by Gasteiger charge is -2.24. The highest BCUT2D eigenvalue weighted by Crippen LogP contribution is 2.29. The molecular weight excluding hydrogens is 445 g/mol. The molecule has 2 aromatic rings. The Hall–Kier alpha value is -2.02. The molecule has 0 atom stereocenters. The number of rotatable bonds is 6. The average molecular weight is 479 g/mol. The summed E-state index contributed by atoms with van der Waals surface area (Å²) in [4.78, 5) is 1.40. The Morgan fingerprint density at radius 1 is 1.20 bits per heavy atom. The molecule has 30 heavy (non-hydrogen) atoms. The van der Waals surface area contributed by atoms with Gasteiger partial charge in [-0.2, -0.15) is 5.10 Å². The van der Waals surface area contributed by atoms with E-state index in [4.69, 9.17) is 4.74 Å². The number of nitrogens with zero attached hydrogens (tertiary/aromatic N) is 2. The van der Waals surface area contributed by atoms with Crippen molar-refractivity contribution in [1.29, 1.82) is 0 Å². The molecule has 4 nitrogen and oxygen atoms in total. The normalized spacial score (nSPS) is 14.1. The molecule has 0 radical (unpaired) electrons. The van der Waals surface area contributed by atoms with Crippen LogP contribution >= 0.6 is 15.9 Å². The molecule has 1 aliphatic heterocycles. The fraction of sp³-hybridized carbons (Fsp3) is 0.375. The molecule has 0 aliphatic carbocycles. The standard InChI is InChI=1S/C20H21BrFN3O.2C2H6/c1-3-4-19(15(2)22)20-16(14-24-9-11-26-12-10-24)13-23-25(20)18-7-5-17(21)6-8-18;2*1-2/h3-8,13H,1-2,9-12,14H2;2*1-2H3/p+1/b19-4+;;. The Morgan fingerprint density at radius 2 is 1.80 bits per heavy atom. The Kier molecular flexibility index (Phi) is 12.2. The number of halogens is 2. The van der Waals surface area contributed by atoms with Crippen molar-refractivity contribution < 1.29 is 14.0 Å². The molecule has 0 unspecified atom stereocenters. The number of hydrogen-bond donors (Lipinski definition) is 1. The molecular formula is C24H34BrFN3O+. The maximum atomic E-state index is 14.2. The summed E-state index contributed by atoms with van der Waals surface area (Å²) < 4.78 is 22.4. The van der Waals surface area contributed by atoms with Gasteiger partial charge in [0.15, 0.2) is 0 Å². The van der Waals surface area contributed by atoms with Crippen LogP contribution in [0.5, 0.6) is 0 Å². The van der Waals surface area contributed by atoms with Crippen molar-refractivity contribution in [2.24, 2.45) is 0 Å². The van der Waals surface area contributed by atoms with Crippen LogP contribution in [0.25, 0.3) is 11.3 Å².